The van der Waals surface area contributed by atoms with Crippen LogP contribution in [0.2, 0.25) is 5.02 Å². The minimum Gasteiger partial charge on any atom is -0.373 e. The Morgan fingerprint density at radius 2 is 2.25 bits per heavy atom. The monoisotopic (exact) mass is 349 g/mol. The molecule has 1 fully saturated rings. The highest BCUT2D eigenvalue weighted by Crippen LogP contribution is 2.25. The molecule has 0 amide bonds. The zero-order valence-corrected chi connectivity index (χ0v) is 14.4. The SMILES string of the molecule is CNc1cc(N2CCCC2CNCc2c(F)cccc2Cl)ncn1. The molecule has 2 heterocycles. The van der Waals surface area contributed by atoms with Gasteiger partial charge in [0.2, 0.25) is 0 Å². The second kappa shape index (κ2) is 7.77. The lowest BCUT2D eigenvalue weighted by atomic mass is 10.2. The van der Waals surface area contributed by atoms with Crippen molar-refractivity contribution in [2.75, 3.05) is 30.4 Å². The fourth-order valence-electron chi connectivity index (χ4n) is 3.06. The molecule has 0 saturated carbocycles. The first-order chi connectivity index (χ1) is 11.7. The van der Waals surface area contributed by atoms with Crippen LogP contribution in [-0.4, -0.2) is 36.1 Å². The van der Waals surface area contributed by atoms with Gasteiger partial charge in [-0.15, -0.1) is 0 Å². The third kappa shape index (κ3) is 3.76. The van der Waals surface area contributed by atoms with Crippen LogP contribution in [0.25, 0.3) is 0 Å². The lowest BCUT2D eigenvalue weighted by Gasteiger charge is -2.26. The van der Waals surface area contributed by atoms with Crippen LogP contribution >= 0.6 is 11.6 Å². The van der Waals surface area contributed by atoms with Gasteiger partial charge in [0, 0.05) is 49.4 Å². The Kier molecular flexibility index (Phi) is 5.48. The summed E-state index contributed by atoms with van der Waals surface area (Å²) in [6.07, 6.45) is 3.77. The average Bonchev–Trinajstić information content (AvgIpc) is 3.06. The van der Waals surface area contributed by atoms with Crippen LogP contribution in [0.5, 0.6) is 0 Å². The van der Waals surface area contributed by atoms with E-state index in [1.165, 1.54) is 6.07 Å². The molecule has 1 atom stereocenters. The third-order valence-electron chi connectivity index (χ3n) is 4.32. The highest BCUT2D eigenvalue weighted by Gasteiger charge is 2.25. The van der Waals surface area contributed by atoms with Crippen molar-refractivity contribution in [2.24, 2.45) is 0 Å². The molecule has 1 saturated heterocycles. The van der Waals surface area contributed by atoms with Gasteiger partial charge in [0.1, 0.15) is 23.8 Å². The summed E-state index contributed by atoms with van der Waals surface area (Å²) >= 11 is 6.07. The van der Waals surface area contributed by atoms with Gasteiger partial charge in [0.05, 0.1) is 0 Å². The van der Waals surface area contributed by atoms with Crippen molar-refractivity contribution in [3.8, 4) is 0 Å². The molecule has 3 rings (SSSR count). The van der Waals surface area contributed by atoms with Crippen LogP contribution in [0.3, 0.4) is 0 Å². The zero-order chi connectivity index (χ0) is 16.9. The fourth-order valence-corrected chi connectivity index (χ4v) is 3.29. The lowest BCUT2D eigenvalue weighted by molar-refractivity contribution is 0.549. The molecule has 1 aromatic heterocycles. The zero-order valence-electron chi connectivity index (χ0n) is 13.6. The number of nitrogens with one attached hydrogen (secondary N) is 2. The van der Waals surface area contributed by atoms with E-state index in [9.17, 15) is 4.39 Å². The first kappa shape index (κ1) is 16.9. The lowest BCUT2D eigenvalue weighted by Crippen LogP contribution is -2.38. The van der Waals surface area contributed by atoms with E-state index in [0.717, 1.165) is 37.6 Å². The van der Waals surface area contributed by atoms with Gasteiger partial charge in [-0.2, -0.15) is 0 Å². The Morgan fingerprint density at radius 1 is 1.38 bits per heavy atom. The summed E-state index contributed by atoms with van der Waals surface area (Å²) in [7, 11) is 1.84. The number of aromatic nitrogens is 2. The predicted molar refractivity (Wildman–Crippen MR) is 95.1 cm³/mol. The number of nitrogens with zero attached hydrogens (tertiary/aromatic N) is 3. The van der Waals surface area contributed by atoms with E-state index < -0.39 is 0 Å². The number of anilines is 2. The molecule has 7 heteroatoms. The number of halogens is 2. The maximum atomic E-state index is 13.8. The molecular formula is C17H21ClFN5. The number of benzene rings is 1. The second-order valence-corrected chi connectivity index (χ2v) is 6.24. The molecule has 24 heavy (non-hydrogen) atoms. The number of hydrogen-bond acceptors (Lipinski definition) is 5. The molecule has 1 aliphatic heterocycles. The molecule has 1 aromatic carbocycles. The van der Waals surface area contributed by atoms with Gasteiger partial charge in [-0.05, 0) is 25.0 Å². The Hall–Kier alpha value is -1.92. The third-order valence-corrected chi connectivity index (χ3v) is 4.68. The molecule has 0 bridgehead atoms. The summed E-state index contributed by atoms with van der Waals surface area (Å²) < 4.78 is 13.8. The fraction of sp³-hybridized carbons (Fsp3) is 0.412. The maximum Gasteiger partial charge on any atom is 0.134 e. The van der Waals surface area contributed by atoms with Crippen molar-refractivity contribution in [1.29, 1.82) is 0 Å². The summed E-state index contributed by atoms with van der Waals surface area (Å²) in [6, 6.07) is 7.05. The van der Waals surface area contributed by atoms with E-state index in [2.05, 4.69) is 25.5 Å². The summed E-state index contributed by atoms with van der Waals surface area (Å²) in [5.74, 6) is 1.45. The molecule has 0 radical (unpaired) electrons. The molecule has 2 N–H and O–H groups in total. The van der Waals surface area contributed by atoms with E-state index in [1.54, 1.807) is 18.5 Å². The topological polar surface area (TPSA) is 53.1 Å². The Balaban J connectivity index is 1.62. The number of hydrogen-bond donors (Lipinski definition) is 2. The molecule has 0 aliphatic carbocycles. The molecule has 0 spiro atoms. The van der Waals surface area contributed by atoms with Crippen molar-refractivity contribution in [3.63, 3.8) is 0 Å². The van der Waals surface area contributed by atoms with Crippen LogP contribution in [0.15, 0.2) is 30.6 Å². The quantitative estimate of drug-likeness (QED) is 0.839. The van der Waals surface area contributed by atoms with E-state index >= 15 is 0 Å². The van der Waals surface area contributed by atoms with Crippen LogP contribution in [0.4, 0.5) is 16.0 Å². The van der Waals surface area contributed by atoms with Crippen LogP contribution < -0.4 is 15.5 Å². The van der Waals surface area contributed by atoms with Gasteiger partial charge in [-0.1, -0.05) is 17.7 Å². The summed E-state index contributed by atoms with van der Waals surface area (Å²) in [5, 5.41) is 6.82. The van der Waals surface area contributed by atoms with Crippen LogP contribution in [-0.2, 0) is 6.54 Å². The second-order valence-electron chi connectivity index (χ2n) is 5.83. The van der Waals surface area contributed by atoms with E-state index in [1.807, 2.05) is 13.1 Å². The van der Waals surface area contributed by atoms with Crippen molar-refractivity contribution in [1.82, 2.24) is 15.3 Å². The Bertz CT molecular complexity index is 676. The summed E-state index contributed by atoms with van der Waals surface area (Å²) in [6.45, 7) is 2.14. The molecule has 1 unspecified atom stereocenters. The minimum absolute atomic E-state index is 0.271. The van der Waals surface area contributed by atoms with Crippen LogP contribution in [0.1, 0.15) is 18.4 Å². The van der Waals surface area contributed by atoms with Gasteiger partial charge in [0.25, 0.3) is 0 Å². The normalized spacial score (nSPS) is 17.3. The first-order valence-electron chi connectivity index (χ1n) is 8.09. The van der Waals surface area contributed by atoms with Crippen molar-refractivity contribution >= 4 is 23.2 Å². The molecular weight excluding hydrogens is 329 g/mol. The van der Waals surface area contributed by atoms with Gasteiger partial charge in [-0.25, -0.2) is 14.4 Å². The van der Waals surface area contributed by atoms with Crippen molar-refractivity contribution in [3.05, 3.63) is 47.0 Å². The Morgan fingerprint density at radius 3 is 3.04 bits per heavy atom. The molecule has 1 aliphatic rings. The minimum atomic E-state index is -0.271. The van der Waals surface area contributed by atoms with E-state index in [0.29, 0.717) is 23.2 Å². The average molecular weight is 350 g/mol. The molecule has 2 aromatic rings. The molecule has 128 valence electrons. The molecule has 5 nitrogen and oxygen atoms in total. The van der Waals surface area contributed by atoms with Crippen LogP contribution in [0, 0.1) is 5.82 Å². The maximum absolute atomic E-state index is 13.8. The first-order valence-corrected chi connectivity index (χ1v) is 8.47. The smallest absolute Gasteiger partial charge is 0.134 e. The highest BCUT2D eigenvalue weighted by atomic mass is 35.5. The van der Waals surface area contributed by atoms with Crippen molar-refractivity contribution in [2.45, 2.75) is 25.4 Å². The predicted octanol–water partition coefficient (Wildman–Crippen LogP) is 3.07. The van der Waals surface area contributed by atoms with E-state index in [-0.39, 0.29) is 5.82 Å². The van der Waals surface area contributed by atoms with Gasteiger partial charge >= 0.3 is 0 Å². The highest BCUT2D eigenvalue weighted by molar-refractivity contribution is 6.31. The summed E-state index contributed by atoms with van der Waals surface area (Å²) in [5.41, 5.74) is 0.517. The van der Waals surface area contributed by atoms with Gasteiger partial charge in [0.15, 0.2) is 0 Å². The van der Waals surface area contributed by atoms with Crippen molar-refractivity contribution < 1.29 is 4.39 Å². The number of rotatable bonds is 6. The van der Waals surface area contributed by atoms with Gasteiger partial charge < -0.3 is 15.5 Å². The standard InChI is InChI=1S/C17H21ClFN5/c1-20-16-8-17(23-11-22-16)24-7-3-4-12(24)9-21-10-13-14(18)5-2-6-15(13)19/h2,5-6,8,11-12,21H,3-4,7,9-10H2,1H3,(H,20,22,23). The Labute approximate surface area is 146 Å². The summed E-state index contributed by atoms with van der Waals surface area (Å²) in [4.78, 5) is 10.8. The van der Waals surface area contributed by atoms with Gasteiger partial charge in [-0.3, -0.25) is 0 Å². The largest absolute Gasteiger partial charge is 0.373 e. The van der Waals surface area contributed by atoms with E-state index in [4.69, 9.17) is 11.6 Å².